The van der Waals surface area contributed by atoms with Crippen molar-refractivity contribution in [2.75, 3.05) is 39.6 Å². The first-order chi connectivity index (χ1) is 45.1. The van der Waals surface area contributed by atoms with E-state index >= 15 is 0 Å². The van der Waals surface area contributed by atoms with E-state index in [1.54, 1.807) is 0 Å². The zero-order chi connectivity index (χ0) is 69.6. The lowest BCUT2D eigenvalue weighted by Gasteiger charge is -2.21. The number of hydrogen-bond acceptors (Lipinski definition) is 15. The van der Waals surface area contributed by atoms with Crippen LogP contribution < -0.4 is 0 Å². The molecular weight excluding hydrogens is 1230 g/mol. The maximum Gasteiger partial charge on any atom is 0.472 e. The van der Waals surface area contributed by atoms with Crippen LogP contribution in [0.2, 0.25) is 0 Å². The van der Waals surface area contributed by atoms with Crippen molar-refractivity contribution in [1.82, 2.24) is 0 Å². The molecule has 2 unspecified atom stereocenters. The molecule has 0 saturated heterocycles. The molecule has 0 amide bonds. The molecule has 0 aromatic rings. The van der Waals surface area contributed by atoms with Crippen LogP contribution in [0.4, 0.5) is 0 Å². The lowest BCUT2D eigenvalue weighted by Crippen LogP contribution is -2.30. The van der Waals surface area contributed by atoms with Crippen molar-refractivity contribution in [3.8, 4) is 0 Å². The van der Waals surface area contributed by atoms with E-state index in [4.69, 9.17) is 37.0 Å². The van der Waals surface area contributed by atoms with Gasteiger partial charge in [-0.25, -0.2) is 9.13 Å². The molecule has 94 heavy (non-hydrogen) atoms. The van der Waals surface area contributed by atoms with Gasteiger partial charge in [-0.2, -0.15) is 0 Å². The summed E-state index contributed by atoms with van der Waals surface area (Å²) in [5.74, 6) is 0.881. The fourth-order valence-corrected chi connectivity index (χ4v) is 13.0. The van der Waals surface area contributed by atoms with E-state index in [0.717, 1.165) is 114 Å². The normalized spacial score (nSPS) is 14.2. The smallest absolute Gasteiger partial charge is 0.462 e. The second-order valence-electron chi connectivity index (χ2n) is 28.9. The van der Waals surface area contributed by atoms with Crippen molar-refractivity contribution in [2.45, 2.75) is 395 Å². The van der Waals surface area contributed by atoms with Crippen molar-refractivity contribution >= 4 is 39.5 Å². The standard InChI is InChI=1S/C75H146O17P2/c1-65(2)51-43-35-27-21-16-12-9-10-14-18-24-31-41-49-57-75(80)92-71(62-86-73(78)56-48-40-34-33-38-46-54-68(7)8)64-90-94(83,84)88-60-69(76)59-87-93(81,82)89-63-70(61-85-72(77)55-47-39-30-26-20-23-29-37-45-53-67(5)6)91-74(79)58-50-42-32-25-19-15-11-13-17-22-28-36-44-52-66(3)4/h65-71,76H,9-64H2,1-8H3,(H,81,82)(H,83,84)/t69-,70-,71-/m1/s1. The number of phosphoric ester groups is 2. The van der Waals surface area contributed by atoms with E-state index in [0.29, 0.717) is 31.6 Å². The van der Waals surface area contributed by atoms with Crippen LogP contribution in [-0.2, 0) is 65.4 Å². The molecule has 0 aliphatic heterocycles. The second kappa shape index (κ2) is 64.4. The fraction of sp³-hybridized carbons (Fsp3) is 0.947. The topological polar surface area (TPSA) is 237 Å². The van der Waals surface area contributed by atoms with Crippen molar-refractivity contribution < 1.29 is 80.2 Å². The number of aliphatic hydroxyl groups is 1. The summed E-state index contributed by atoms with van der Waals surface area (Å²) in [6, 6.07) is 0. The lowest BCUT2D eigenvalue weighted by atomic mass is 10.0. The summed E-state index contributed by atoms with van der Waals surface area (Å²) in [4.78, 5) is 72.7. The molecule has 0 aliphatic carbocycles. The van der Waals surface area contributed by atoms with Gasteiger partial charge >= 0.3 is 39.5 Å². The number of carbonyl (C=O) groups excluding carboxylic acids is 4. The van der Waals surface area contributed by atoms with E-state index in [1.165, 1.54) is 173 Å². The average Bonchev–Trinajstić information content (AvgIpc) is 1.74. The summed E-state index contributed by atoms with van der Waals surface area (Å²) in [6.07, 6.45) is 48.7. The highest BCUT2D eigenvalue weighted by Crippen LogP contribution is 2.45. The lowest BCUT2D eigenvalue weighted by molar-refractivity contribution is -0.161. The number of rotatable bonds is 72. The largest absolute Gasteiger partial charge is 0.472 e. The predicted molar refractivity (Wildman–Crippen MR) is 381 cm³/mol. The Labute approximate surface area is 575 Å². The number of esters is 4. The van der Waals surface area contributed by atoms with Crippen LogP contribution in [0.3, 0.4) is 0 Å². The Bertz CT molecular complexity index is 1850. The minimum Gasteiger partial charge on any atom is -0.462 e. The molecule has 0 radical (unpaired) electrons. The minimum atomic E-state index is -4.96. The van der Waals surface area contributed by atoms with Crippen molar-refractivity contribution in [3.05, 3.63) is 0 Å². The Kier molecular flexibility index (Phi) is 63.1. The molecule has 19 heteroatoms. The molecule has 0 bridgehead atoms. The number of ether oxygens (including phenoxy) is 4. The van der Waals surface area contributed by atoms with Crippen LogP contribution in [0, 0.1) is 23.7 Å². The first kappa shape index (κ1) is 92.1. The molecule has 0 fully saturated rings. The van der Waals surface area contributed by atoms with Gasteiger partial charge in [-0.1, -0.05) is 325 Å². The maximum atomic E-state index is 13.1. The summed E-state index contributed by atoms with van der Waals surface area (Å²) in [5, 5.41) is 10.6. The molecule has 0 aliphatic rings. The van der Waals surface area contributed by atoms with Crippen molar-refractivity contribution in [1.29, 1.82) is 0 Å². The van der Waals surface area contributed by atoms with Gasteiger partial charge in [0, 0.05) is 25.7 Å². The average molecular weight is 1380 g/mol. The number of aliphatic hydroxyl groups excluding tert-OH is 1. The molecule has 0 rings (SSSR count). The zero-order valence-corrected chi connectivity index (χ0v) is 63.4. The van der Waals surface area contributed by atoms with Gasteiger partial charge in [0.1, 0.15) is 19.3 Å². The molecule has 3 N–H and O–H groups in total. The van der Waals surface area contributed by atoms with Gasteiger partial charge < -0.3 is 33.8 Å². The van der Waals surface area contributed by atoms with Crippen LogP contribution in [-0.4, -0.2) is 96.7 Å². The van der Waals surface area contributed by atoms with Crippen LogP contribution in [0.15, 0.2) is 0 Å². The van der Waals surface area contributed by atoms with Gasteiger partial charge in [-0.05, 0) is 49.4 Å². The van der Waals surface area contributed by atoms with E-state index < -0.39 is 97.5 Å². The first-order valence-corrected chi connectivity index (χ1v) is 41.7. The number of phosphoric acid groups is 2. The van der Waals surface area contributed by atoms with Crippen molar-refractivity contribution in [2.24, 2.45) is 23.7 Å². The van der Waals surface area contributed by atoms with Gasteiger partial charge in [0.05, 0.1) is 26.4 Å². The Hall–Kier alpha value is -1.94. The van der Waals surface area contributed by atoms with E-state index in [9.17, 15) is 43.2 Å². The molecule has 0 heterocycles. The summed E-state index contributed by atoms with van der Waals surface area (Å²) in [7, 11) is -9.91. The SMILES string of the molecule is CC(C)CCCCCCCCCCCCCCCCC(=O)O[C@H](COC(=O)CCCCCCCCC(C)C)COP(=O)(O)OC[C@H](O)COP(=O)(O)OC[C@@H](COC(=O)CCCCCCCCCCCC(C)C)OC(=O)CCCCCCCCCCCCCCCC(C)C. The van der Waals surface area contributed by atoms with Crippen LogP contribution in [0.1, 0.15) is 376 Å². The summed E-state index contributed by atoms with van der Waals surface area (Å²) in [5.41, 5.74) is 0. The van der Waals surface area contributed by atoms with E-state index in [1.807, 2.05) is 0 Å². The van der Waals surface area contributed by atoms with Gasteiger partial charge in [0.25, 0.3) is 0 Å². The Morgan fingerprint density at radius 3 is 0.660 bits per heavy atom. The van der Waals surface area contributed by atoms with E-state index in [2.05, 4.69) is 55.4 Å². The van der Waals surface area contributed by atoms with Crippen LogP contribution >= 0.6 is 15.6 Å². The van der Waals surface area contributed by atoms with Gasteiger partial charge in [-0.15, -0.1) is 0 Å². The fourth-order valence-electron chi connectivity index (χ4n) is 11.4. The van der Waals surface area contributed by atoms with E-state index in [-0.39, 0.29) is 25.7 Å². The second-order valence-corrected chi connectivity index (χ2v) is 31.9. The molecule has 17 nitrogen and oxygen atoms in total. The third-order valence-electron chi connectivity index (χ3n) is 17.3. The predicted octanol–water partition coefficient (Wildman–Crippen LogP) is 21.7. The molecule has 5 atom stereocenters. The maximum absolute atomic E-state index is 13.1. The first-order valence-electron chi connectivity index (χ1n) is 38.7. The zero-order valence-electron chi connectivity index (χ0n) is 61.6. The third kappa shape index (κ3) is 68.6. The Balaban J connectivity index is 5.23. The molecular formula is C75H146O17P2. The van der Waals surface area contributed by atoms with Crippen LogP contribution in [0.5, 0.6) is 0 Å². The molecule has 0 saturated carbocycles. The molecule has 0 spiro atoms. The highest BCUT2D eigenvalue weighted by atomic mass is 31.2. The summed E-state index contributed by atoms with van der Waals surface area (Å²) < 4.78 is 68.5. The quantitative estimate of drug-likeness (QED) is 0.0222. The molecule has 0 aromatic carbocycles. The van der Waals surface area contributed by atoms with Crippen molar-refractivity contribution in [3.63, 3.8) is 0 Å². The van der Waals surface area contributed by atoms with Gasteiger partial charge in [0.15, 0.2) is 12.2 Å². The highest BCUT2D eigenvalue weighted by Gasteiger charge is 2.30. The Morgan fingerprint density at radius 2 is 0.447 bits per heavy atom. The van der Waals surface area contributed by atoms with Gasteiger partial charge in [0.2, 0.25) is 0 Å². The highest BCUT2D eigenvalue weighted by molar-refractivity contribution is 7.47. The third-order valence-corrected chi connectivity index (χ3v) is 19.2. The minimum absolute atomic E-state index is 0.106. The number of hydrogen-bond donors (Lipinski definition) is 3. The Morgan fingerprint density at radius 1 is 0.266 bits per heavy atom. The summed E-state index contributed by atoms with van der Waals surface area (Å²) in [6.45, 7) is 14.1. The van der Waals surface area contributed by atoms with Gasteiger partial charge in [-0.3, -0.25) is 37.3 Å². The van der Waals surface area contributed by atoms with Crippen LogP contribution in [0.25, 0.3) is 0 Å². The number of unbranched alkanes of at least 4 members (excludes halogenated alkanes) is 38. The monoisotopic (exact) mass is 1380 g/mol. The molecule has 0 aromatic heterocycles. The molecule has 558 valence electrons. The summed E-state index contributed by atoms with van der Waals surface area (Å²) >= 11 is 0. The number of carbonyl (C=O) groups is 4.